The van der Waals surface area contributed by atoms with Crippen LogP contribution in [-0.2, 0) is 0 Å². The van der Waals surface area contributed by atoms with Gasteiger partial charge in [-0.15, -0.1) is 5.10 Å². The van der Waals surface area contributed by atoms with Crippen molar-refractivity contribution in [3.63, 3.8) is 0 Å². The van der Waals surface area contributed by atoms with Gasteiger partial charge in [-0.2, -0.15) is 5.10 Å². The van der Waals surface area contributed by atoms with Crippen LogP contribution in [0.3, 0.4) is 0 Å². The number of nitrogens with one attached hydrogen (secondary N) is 1. The van der Waals surface area contributed by atoms with Crippen molar-refractivity contribution in [2.45, 2.75) is 26.3 Å². The molecule has 0 spiro atoms. The fraction of sp³-hybridized carbons (Fsp3) is 0.190. The Kier molecular flexibility index (Phi) is 5.09. The van der Waals surface area contributed by atoms with Gasteiger partial charge in [0, 0.05) is 23.2 Å². The summed E-state index contributed by atoms with van der Waals surface area (Å²) < 4.78 is 13.3. The lowest BCUT2D eigenvalue weighted by Gasteiger charge is -2.26. The molecule has 0 bridgehead atoms. The standard InChI is InChI=1S/C21H19FN6O2/c1-12-11-18(27-26-12)24-20-16-5-3-4-6-17(16)23-19(25-20)13(2)28(21(29)30)15-9-7-14(22)8-10-15/h3-10,13H,11H2,1-2H3,(H,29,30)(H,23,24,25,27). The summed E-state index contributed by atoms with van der Waals surface area (Å²) in [6, 6.07) is 12.0. The highest BCUT2D eigenvalue weighted by atomic mass is 19.1. The van der Waals surface area contributed by atoms with Crippen molar-refractivity contribution in [2.75, 3.05) is 10.2 Å². The van der Waals surface area contributed by atoms with E-state index in [2.05, 4.69) is 25.5 Å². The van der Waals surface area contributed by atoms with Crippen LogP contribution in [0.15, 0.2) is 58.7 Å². The molecule has 1 amide bonds. The fourth-order valence-corrected chi connectivity index (χ4v) is 3.26. The summed E-state index contributed by atoms with van der Waals surface area (Å²) in [7, 11) is 0. The molecule has 1 aliphatic rings. The number of nitrogens with zero attached hydrogens (tertiary/aromatic N) is 5. The maximum atomic E-state index is 13.3. The van der Waals surface area contributed by atoms with Crippen LogP contribution in [0.5, 0.6) is 0 Å². The van der Waals surface area contributed by atoms with Crippen molar-refractivity contribution in [3.05, 3.63) is 60.2 Å². The van der Waals surface area contributed by atoms with Gasteiger partial charge in [0.2, 0.25) is 0 Å². The monoisotopic (exact) mass is 406 g/mol. The second kappa shape index (κ2) is 7.86. The number of carboxylic acid groups (broad SMARTS) is 1. The number of fused-ring (bicyclic) bond motifs is 1. The molecule has 1 unspecified atom stereocenters. The number of amidine groups is 1. The molecule has 2 N–H and O–H groups in total. The molecular formula is C21H19FN6O2. The zero-order valence-corrected chi connectivity index (χ0v) is 16.4. The SMILES string of the molecule is CC1=NN=C(Nc2nc(C(C)N(C(=O)O)c3ccc(F)cc3)nc3ccccc23)C1. The van der Waals surface area contributed by atoms with Crippen molar-refractivity contribution in [1.29, 1.82) is 0 Å². The Hall–Kier alpha value is -3.88. The summed E-state index contributed by atoms with van der Waals surface area (Å²) in [6.45, 7) is 3.57. The summed E-state index contributed by atoms with van der Waals surface area (Å²) in [5.41, 5.74) is 1.88. The van der Waals surface area contributed by atoms with E-state index in [0.29, 0.717) is 35.1 Å². The first kappa shape index (κ1) is 19.4. The van der Waals surface area contributed by atoms with Gasteiger partial charge in [0.25, 0.3) is 0 Å². The molecule has 1 aromatic heterocycles. The third kappa shape index (κ3) is 3.82. The van der Waals surface area contributed by atoms with Gasteiger partial charge >= 0.3 is 6.09 Å². The molecular weight excluding hydrogens is 387 g/mol. The van der Waals surface area contributed by atoms with Crippen molar-refractivity contribution in [2.24, 2.45) is 10.2 Å². The number of rotatable bonds is 4. The molecule has 2 aromatic carbocycles. The lowest BCUT2D eigenvalue weighted by molar-refractivity contribution is 0.199. The number of benzene rings is 2. The zero-order valence-electron chi connectivity index (χ0n) is 16.4. The molecule has 8 nitrogen and oxygen atoms in total. The second-order valence-corrected chi connectivity index (χ2v) is 6.94. The molecule has 9 heteroatoms. The summed E-state index contributed by atoms with van der Waals surface area (Å²) in [6.07, 6.45) is -0.607. The molecule has 2 heterocycles. The third-order valence-corrected chi connectivity index (χ3v) is 4.72. The van der Waals surface area contributed by atoms with Crippen LogP contribution in [-0.4, -0.2) is 32.7 Å². The molecule has 30 heavy (non-hydrogen) atoms. The van der Waals surface area contributed by atoms with Crippen LogP contribution in [0.2, 0.25) is 0 Å². The van der Waals surface area contributed by atoms with E-state index >= 15 is 0 Å². The number of hydrogen-bond acceptors (Lipinski definition) is 6. The first-order valence-electron chi connectivity index (χ1n) is 9.34. The largest absolute Gasteiger partial charge is 0.465 e. The lowest BCUT2D eigenvalue weighted by atomic mass is 10.2. The smallest absolute Gasteiger partial charge is 0.412 e. The van der Waals surface area contributed by atoms with Gasteiger partial charge in [-0.1, -0.05) is 12.1 Å². The van der Waals surface area contributed by atoms with Crippen LogP contribution >= 0.6 is 0 Å². The van der Waals surface area contributed by atoms with Gasteiger partial charge in [-0.05, 0) is 50.2 Å². The van der Waals surface area contributed by atoms with Crippen molar-refractivity contribution >= 4 is 40.0 Å². The van der Waals surface area contributed by atoms with E-state index in [1.165, 1.54) is 24.3 Å². The molecule has 0 saturated carbocycles. The predicted octanol–water partition coefficient (Wildman–Crippen LogP) is 4.60. The van der Waals surface area contributed by atoms with Crippen LogP contribution in [0, 0.1) is 5.82 Å². The Morgan fingerprint density at radius 3 is 2.53 bits per heavy atom. The van der Waals surface area contributed by atoms with E-state index in [-0.39, 0.29) is 0 Å². The molecule has 0 aliphatic carbocycles. The molecule has 1 aliphatic heterocycles. The van der Waals surface area contributed by atoms with Gasteiger partial charge in [0.05, 0.1) is 11.6 Å². The van der Waals surface area contributed by atoms with Crippen LogP contribution < -0.4 is 10.2 Å². The van der Waals surface area contributed by atoms with Crippen LogP contribution in [0.25, 0.3) is 10.9 Å². The Morgan fingerprint density at radius 2 is 1.87 bits per heavy atom. The van der Waals surface area contributed by atoms with E-state index in [1.54, 1.807) is 6.92 Å². The normalized spacial score (nSPS) is 14.2. The minimum absolute atomic E-state index is 0.305. The second-order valence-electron chi connectivity index (χ2n) is 6.94. The quantitative estimate of drug-likeness (QED) is 0.659. The molecule has 3 aromatic rings. The maximum absolute atomic E-state index is 13.3. The molecule has 0 radical (unpaired) electrons. The zero-order chi connectivity index (χ0) is 21.3. The number of halogens is 1. The van der Waals surface area contributed by atoms with E-state index in [9.17, 15) is 14.3 Å². The van der Waals surface area contributed by atoms with E-state index < -0.39 is 18.0 Å². The number of para-hydroxylation sites is 1. The highest BCUT2D eigenvalue weighted by molar-refractivity contribution is 6.12. The molecule has 0 saturated heterocycles. The third-order valence-electron chi connectivity index (χ3n) is 4.72. The van der Waals surface area contributed by atoms with E-state index in [0.717, 1.165) is 16.0 Å². The van der Waals surface area contributed by atoms with E-state index in [1.807, 2.05) is 31.2 Å². The minimum atomic E-state index is -1.19. The molecule has 152 valence electrons. The van der Waals surface area contributed by atoms with E-state index in [4.69, 9.17) is 0 Å². The number of carbonyl (C=O) groups is 1. The average molecular weight is 406 g/mol. The Balaban J connectivity index is 1.75. The minimum Gasteiger partial charge on any atom is -0.465 e. The van der Waals surface area contributed by atoms with Gasteiger partial charge in [0.1, 0.15) is 17.5 Å². The number of aromatic nitrogens is 2. The summed E-state index contributed by atoms with van der Waals surface area (Å²) >= 11 is 0. The first-order chi connectivity index (χ1) is 14.4. The summed E-state index contributed by atoms with van der Waals surface area (Å²) in [5.74, 6) is 1.04. The molecule has 1 atom stereocenters. The van der Waals surface area contributed by atoms with Gasteiger partial charge in [0.15, 0.2) is 5.82 Å². The van der Waals surface area contributed by atoms with Crippen molar-refractivity contribution in [3.8, 4) is 0 Å². The topological polar surface area (TPSA) is 103 Å². The lowest BCUT2D eigenvalue weighted by Crippen LogP contribution is -2.33. The number of hydrogen-bond donors (Lipinski definition) is 2. The van der Waals surface area contributed by atoms with Crippen LogP contribution in [0.4, 0.5) is 20.7 Å². The van der Waals surface area contributed by atoms with Crippen molar-refractivity contribution < 1.29 is 14.3 Å². The van der Waals surface area contributed by atoms with Crippen LogP contribution in [0.1, 0.15) is 32.1 Å². The molecule has 4 rings (SSSR count). The Labute approximate surface area is 171 Å². The number of amides is 1. The van der Waals surface area contributed by atoms with Gasteiger partial charge < -0.3 is 10.4 Å². The maximum Gasteiger partial charge on any atom is 0.412 e. The number of anilines is 2. The summed E-state index contributed by atoms with van der Waals surface area (Å²) in [4.78, 5) is 22.3. The predicted molar refractivity (Wildman–Crippen MR) is 114 cm³/mol. The highest BCUT2D eigenvalue weighted by Gasteiger charge is 2.26. The van der Waals surface area contributed by atoms with Gasteiger partial charge in [-0.3, -0.25) is 4.90 Å². The summed E-state index contributed by atoms with van der Waals surface area (Å²) in [5, 5.41) is 21.9. The Morgan fingerprint density at radius 1 is 1.13 bits per heavy atom. The molecule has 0 fully saturated rings. The fourth-order valence-electron chi connectivity index (χ4n) is 3.26. The average Bonchev–Trinajstić information content (AvgIpc) is 3.14. The highest BCUT2D eigenvalue weighted by Crippen LogP contribution is 2.29. The van der Waals surface area contributed by atoms with Crippen molar-refractivity contribution in [1.82, 2.24) is 9.97 Å². The first-order valence-corrected chi connectivity index (χ1v) is 9.34. The van der Waals surface area contributed by atoms with Gasteiger partial charge in [-0.25, -0.2) is 19.2 Å². The Bertz CT molecular complexity index is 1180.